The first-order valence-corrected chi connectivity index (χ1v) is 7.01. The minimum Gasteiger partial charge on any atom is -0.398 e. The molecule has 0 unspecified atom stereocenters. The molecule has 0 aliphatic rings. The van der Waals surface area contributed by atoms with Crippen LogP contribution in [-0.2, 0) is 0 Å². The maximum Gasteiger partial charge on any atom is 0.249 e. The van der Waals surface area contributed by atoms with Crippen molar-refractivity contribution in [1.29, 1.82) is 0 Å². The van der Waals surface area contributed by atoms with Gasteiger partial charge in [0.05, 0.1) is 0 Å². The number of anilines is 1. The highest BCUT2D eigenvalue weighted by molar-refractivity contribution is 6.03. The maximum absolute atomic E-state index is 11.7. The van der Waals surface area contributed by atoms with E-state index in [1.54, 1.807) is 12.1 Å². The van der Waals surface area contributed by atoms with Crippen LogP contribution < -0.4 is 11.5 Å². The number of nitrogens with two attached hydrogens (primary N) is 2. The first-order chi connectivity index (χ1) is 10.7. The molecule has 0 fully saturated rings. The number of nitrogen functional groups attached to an aromatic ring is 1. The average Bonchev–Trinajstić information content (AvgIpc) is 2.55. The van der Waals surface area contributed by atoms with E-state index < -0.39 is 5.91 Å². The summed E-state index contributed by atoms with van der Waals surface area (Å²) in [6.07, 6.45) is 0. The molecule has 3 nitrogen and oxygen atoms in total. The van der Waals surface area contributed by atoms with Gasteiger partial charge in [0.15, 0.2) is 0 Å². The Labute approximate surface area is 129 Å². The van der Waals surface area contributed by atoms with Crippen molar-refractivity contribution in [2.24, 2.45) is 5.73 Å². The van der Waals surface area contributed by atoms with Crippen LogP contribution >= 0.6 is 0 Å². The molecule has 0 aliphatic carbocycles. The van der Waals surface area contributed by atoms with E-state index in [0.29, 0.717) is 11.3 Å². The number of carbonyl (C=O) groups excluding carboxylic acids is 1. The second kappa shape index (κ2) is 5.74. The number of hydrogen-bond acceptors (Lipinski definition) is 2. The summed E-state index contributed by atoms with van der Waals surface area (Å²) in [5, 5.41) is 0. The van der Waals surface area contributed by atoms with E-state index in [-0.39, 0.29) is 0 Å². The van der Waals surface area contributed by atoms with Gasteiger partial charge in [0, 0.05) is 16.8 Å². The van der Waals surface area contributed by atoms with E-state index in [1.807, 2.05) is 60.7 Å². The van der Waals surface area contributed by atoms with Gasteiger partial charge in [0.1, 0.15) is 0 Å². The fourth-order valence-corrected chi connectivity index (χ4v) is 2.65. The molecule has 3 heteroatoms. The normalized spacial score (nSPS) is 10.4. The Bertz CT molecular complexity index is 826. The van der Waals surface area contributed by atoms with Crippen molar-refractivity contribution in [1.82, 2.24) is 0 Å². The van der Waals surface area contributed by atoms with Crippen LogP contribution in [0.2, 0.25) is 0 Å². The third-order valence-corrected chi connectivity index (χ3v) is 3.64. The summed E-state index contributed by atoms with van der Waals surface area (Å²) in [6.45, 7) is 0. The molecule has 1 amide bonds. The summed E-state index contributed by atoms with van der Waals surface area (Å²) in [7, 11) is 0. The van der Waals surface area contributed by atoms with Gasteiger partial charge in [0.25, 0.3) is 0 Å². The molecule has 3 rings (SSSR count). The Balaban J connectivity index is 2.30. The van der Waals surface area contributed by atoms with Crippen LogP contribution in [0.1, 0.15) is 10.4 Å². The second-order valence-corrected chi connectivity index (χ2v) is 5.05. The van der Waals surface area contributed by atoms with Gasteiger partial charge in [-0.05, 0) is 28.8 Å². The lowest BCUT2D eigenvalue weighted by Crippen LogP contribution is -2.12. The lowest BCUT2D eigenvalue weighted by atomic mass is 9.90. The Morgan fingerprint density at radius 2 is 1.36 bits per heavy atom. The van der Waals surface area contributed by atoms with Gasteiger partial charge in [-0.25, -0.2) is 0 Å². The molecule has 3 aromatic rings. The van der Waals surface area contributed by atoms with Gasteiger partial charge in [-0.1, -0.05) is 60.7 Å². The smallest absolute Gasteiger partial charge is 0.249 e. The Morgan fingerprint density at radius 3 is 2.09 bits per heavy atom. The van der Waals surface area contributed by atoms with E-state index in [9.17, 15) is 4.79 Å². The van der Waals surface area contributed by atoms with Crippen LogP contribution in [0.3, 0.4) is 0 Å². The third-order valence-electron chi connectivity index (χ3n) is 3.64. The van der Waals surface area contributed by atoms with Gasteiger partial charge >= 0.3 is 0 Å². The highest BCUT2D eigenvalue weighted by Gasteiger charge is 2.15. The first kappa shape index (κ1) is 13.9. The summed E-state index contributed by atoms with van der Waals surface area (Å²) in [6, 6.07) is 22.9. The number of primary amides is 1. The van der Waals surface area contributed by atoms with Crippen LogP contribution in [0.4, 0.5) is 5.69 Å². The Morgan fingerprint density at radius 1 is 0.727 bits per heavy atom. The molecule has 108 valence electrons. The van der Waals surface area contributed by atoms with Crippen molar-refractivity contribution in [3.63, 3.8) is 0 Å². The van der Waals surface area contributed by atoms with Crippen LogP contribution in [-0.4, -0.2) is 5.91 Å². The summed E-state index contributed by atoms with van der Waals surface area (Å²) >= 11 is 0. The zero-order valence-electron chi connectivity index (χ0n) is 12.0. The fourth-order valence-electron chi connectivity index (χ4n) is 2.65. The summed E-state index contributed by atoms with van der Waals surface area (Å²) in [4.78, 5) is 11.7. The molecule has 0 bridgehead atoms. The van der Waals surface area contributed by atoms with Crippen molar-refractivity contribution in [2.45, 2.75) is 0 Å². The van der Waals surface area contributed by atoms with E-state index in [4.69, 9.17) is 11.5 Å². The van der Waals surface area contributed by atoms with Crippen molar-refractivity contribution in [3.8, 4) is 22.3 Å². The first-order valence-electron chi connectivity index (χ1n) is 7.01. The van der Waals surface area contributed by atoms with Gasteiger partial charge in [0.2, 0.25) is 5.91 Å². The van der Waals surface area contributed by atoms with Gasteiger partial charge in [-0.2, -0.15) is 0 Å². The number of hydrogen-bond donors (Lipinski definition) is 2. The monoisotopic (exact) mass is 288 g/mol. The molecule has 0 saturated heterocycles. The summed E-state index contributed by atoms with van der Waals surface area (Å²) in [5.41, 5.74) is 16.5. The van der Waals surface area contributed by atoms with Crippen LogP contribution in [0.5, 0.6) is 0 Å². The molecule has 0 heterocycles. The fraction of sp³-hybridized carbons (Fsp3) is 0. The Kier molecular flexibility index (Phi) is 3.62. The third kappa shape index (κ3) is 2.44. The standard InChI is InChI=1S/C19H16N2O/c20-17-12-6-11-15(18(17)13-7-2-1-3-8-13)14-9-4-5-10-16(14)19(21)22/h1-12H,20H2,(H2,21,22). The predicted molar refractivity (Wildman–Crippen MR) is 90.2 cm³/mol. The summed E-state index contributed by atoms with van der Waals surface area (Å²) in [5.74, 6) is -0.447. The van der Waals surface area contributed by atoms with Crippen molar-refractivity contribution >= 4 is 11.6 Å². The van der Waals surface area contributed by atoms with E-state index in [1.165, 1.54) is 0 Å². The molecular formula is C19H16N2O. The van der Waals surface area contributed by atoms with Crippen molar-refractivity contribution in [3.05, 3.63) is 78.4 Å². The van der Waals surface area contributed by atoms with E-state index in [2.05, 4.69) is 0 Å². The minimum atomic E-state index is -0.447. The second-order valence-electron chi connectivity index (χ2n) is 5.05. The SMILES string of the molecule is NC(=O)c1ccccc1-c1cccc(N)c1-c1ccccc1. The molecule has 0 aliphatic heterocycles. The van der Waals surface area contributed by atoms with Crippen LogP contribution in [0.15, 0.2) is 72.8 Å². The Hall–Kier alpha value is -3.07. The highest BCUT2D eigenvalue weighted by atomic mass is 16.1. The van der Waals surface area contributed by atoms with E-state index >= 15 is 0 Å². The molecule has 0 atom stereocenters. The zero-order chi connectivity index (χ0) is 15.5. The van der Waals surface area contributed by atoms with Crippen molar-refractivity contribution in [2.75, 3.05) is 5.73 Å². The van der Waals surface area contributed by atoms with Gasteiger partial charge in [-0.15, -0.1) is 0 Å². The lowest BCUT2D eigenvalue weighted by Gasteiger charge is -2.15. The quantitative estimate of drug-likeness (QED) is 0.721. The number of benzene rings is 3. The zero-order valence-corrected chi connectivity index (χ0v) is 12.0. The van der Waals surface area contributed by atoms with Crippen LogP contribution in [0.25, 0.3) is 22.3 Å². The highest BCUT2D eigenvalue weighted by Crippen LogP contribution is 2.37. The number of carbonyl (C=O) groups is 1. The maximum atomic E-state index is 11.7. The lowest BCUT2D eigenvalue weighted by molar-refractivity contribution is 0.100. The largest absolute Gasteiger partial charge is 0.398 e. The van der Waals surface area contributed by atoms with Gasteiger partial charge < -0.3 is 11.5 Å². The molecule has 0 radical (unpaired) electrons. The molecule has 4 N–H and O–H groups in total. The molecule has 0 spiro atoms. The predicted octanol–water partition coefficient (Wildman–Crippen LogP) is 3.70. The average molecular weight is 288 g/mol. The number of amides is 1. The van der Waals surface area contributed by atoms with Crippen molar-refractivity contribution < 1.29 is 4.79 Å². The number of rotatable bonds is 3. The summed E-state index contributed by atoms with van der Waals surface area (Å²) < 4.78 is 0. The molecule has 22 heavy (non-hydrogen) atoms. The molecule has 0 aromatic heterocycles. The van der Waals surface area contributed by atoms with E-state index in [0.717, 1.165) is 22.3 Å². The van der Waals surface area contributed by atoms with Crippen LogP contribution in [0, 0.1) is 0 Å². The van der Waals surface area contributed by atoms with Gasteiger partial charge in [-0.3, -0.25) is 4.79 Å². The molecule has 0 saturated carbocycles. The molecule has 3 aromatic carbocycles. The topological polar surface area (TPSA) is 69.1 Å². The minimum absolute atomic E-state index is 0.447. The molecular weight excluding hydrogens is 272 g/mol.